The number of aryl methyl sites for hydroxylation is 2. The molecule has 0 bridgehead atoms. The van der Waals surface area contributed by atoms with E-state index in [4.69, 9.17) is 18.6 Å². The Bertz CT molecular complexity index is 1210. The lowest BCUT2D eigenvalue weighted by atomic mass is 10.0. The molecule has 0 N–H and O–H groups in total. The van der Waals surface area contributed by atoms with Crippen molar-refractivity contribution in [1.82, 2.24) is 4.90 Å². The van der Waals surface area contributed by atoms with Gasteiger partial charge in [-0.3, -0.25) is 4.79 Å². The molecule has 7 nitrogen and oxygen atoms in total. The van der Waals surface area contributed by atoms with Crippen LogP contribution in [0.25, 0.3) is 22.1 Å². The molecule has 0 atom stereocenters. The summed E-state index contributed by atoms with van der Waals surface area (Å²) in [4.78, 5) is 26.8. The average molecular weight is 423 g/mol. The molecule has 1 aromatic heterocycles. The first-order chi connectivity index (χ1) is 14.9. The van der Waals surface area contributed by atoms with Crippen LogP contribution in [-0.2, 0) is 6.42 Å². The molecule has 1 amide bonds. The summed E-state index contributed by atoms with van der Waals surface area (Å²) >= 11 is 0. The Morgan fingerprint density at radius 2 is 1.84 bits per heavy atom. The standard InChI is InChI=1S/C24H25NO6/c1-5-15-11-17-20(13-19(15)31-24(27)25(3)4)30-14(2)22(23(17)26)16-7-8-18-21(12-16)29-10-6-9-28-18/h7-8,11-13H,5-6,9-10H2,1-4H3. The molecule has 0 radical (unpaired) electrons. The Labute approximate surface area is 180 Å². The third-order valence-corrected chi connectivity index (χ3v) is 5.23. The summed E-state index contributed by atoms with van der Waals surface area (Å²) in [5, 5.41) is 0.439. The molecule has 0 spiro atoms. The number of ether oxygens (including phenoxy) is 3. The first-order valence-corrected chi connectivity index (χ1v) is 10.3. The molecule has 3 aromatic rings. The first-order valence-electron chi connectivity index (χ1n) is 10.3. The number of carbonyl (C=O) groups excluding carboxylic acids is 1. The van der Waals surface area contributed by atoms with Crippen molar-refractivity contribution in [3.63, 3.8) is 0 Å². The van der Waals surface area contributed by atoms with Crippen LogP contribution >= 0.6 is 0 Å². The zero-order valence-corrected chi connectivity index (χ0v) is 18.1. The van der Waals surface area contributed by atoms with E-state index in [0.29, 0.717) is 64.7 Å². The largest absolute Gasteiger partial charge is 0.490 e. The molecule has 1 aliphatic rings. The Balaban J connectivity index is 1.84. The molecule has 1 aliphatic heterocycles. The summed E-state index contributed by atoms with van der Waals surface area (Å²) in [5.41, 5.74) is 2.16. The van der Waals surface area contributed by atoms with Gasteiger partial charge in [0, 0.05) is 26.6 Å². The van der Waals surface area contributed by atoms with Gasteiger partial charge < -0.3 is 23.5 Å². The van der Waals surface area contributed by atoms with Gasteiger partial charge in [-0.15, -0.1) is 0 Å². The van der Waals surface area contributed by atoms with Crippen molar-refractivity contribution in [2.45, 2.75) is 26.7 Å². The maximum Gasteiger partial charge on any atom is 0.414 e. The number of hydrogen-bond acceptors (Lipinski definition) is 6. The van der Waals surface area contributed by atoms with Gasteiger partial charge in [-0.05, 0) is 42.7 Å². The summed E-state index contributed by atoms with van der Waals surface area (Å²) in [5.74, 6) is 2.15. The SMILES string of the molecule is CCc1cc2c(=O)c(-c3ccc4c(c3)OCCCO4)c(C)oc2cc1OC(=O)N(C)C. The molecule has 31 heavy (non-hydrogen) atoms. The second-order valence-electron chi connectivity index (χ2n) is 7.65. The number of fused-ring (bicyclic) bond motifs is 2. The van der Waals surface area contributed by atoms with Gasteiger partial charge in [-0.1, -0.05) is 13.0 Å². The maximum absolute atomic E-state index is 13.4. The van der Waals surface area contributed by atoms with E-state index >= 15 is 0 Å². The molecule has 0 aliphatic carbocycles. The molecule has 2 aromatic carbocycles. The zero-order chi connectivity index (χ0) is 22.1. The molecule has 0 unspecified atom stereocenters. The van der Waals surface area contributed by atoms with E-state index in [-0.39, 0.29) is 5.43 Å². The maximum atomic E-state index is 13.4. The van der Waals surface area contributed by atoms with Crippen molar-refractivity contribution in [2.24, 2.45) is 0 Å². The molecule has 7 heteroatoms. The minimum absolute atomic E-state index is 0.145. The molecule has 0 saturated carbocycles. The fraction of sp³-hybridized carbons (Fsp3) is 0.333. The van der Waals surface area contributed by atoms with Gasteiger partial charge in [-0.25, -0.2) is 4.79 Å². The van der Waals surface area contributed by atoms with Crippen LogP contribution in [0.3, 0.4) is 0 Å². The predicted molar refractivity (Wildman–Crippen MR) is 117 cm³/mol. The number of carbonyl (C=O) groups is 1. The molecular formula is C24H25NO6. The molecule has 0 fully saturated rings. The lowest BCUT2D eigenvalue weighted by Gasteiger charge is -2.15. The summed E-state index contributed by atoms with van der Waals surface area (Å²) in [7, 11) is 3.22. The monoisotopic (exact) mass is 423 g/mol. The summed E-state index contributed by atoms with van der Waals surface area (Å²) in [6.45, 7) is 4.85. The van der Waals surface area contributed by atoms with Crippen molar-refractivity contribution in [2.75, 3.05) is 27.3 Å². The van der Waals surface area contributed by atoms with E-state index in [1.54, 1.807) is 33.2 Å². The fourth-order valence-corrected chi connectivity index (χ4v) is 3.59. The number of amides is 1. The Kier molecular flexibility index (Phi) is 5.59. The number of hydrogen-bond donors (Lipinski definition) is 0. The zero-order valence-electron chi connectivity index (χ0n) is 18.1. The van der Waals surface area contributed by atoms with Crippen molar-refractivity contribution in [1.29, 1.82) is 0 Å². The van der Waals surface area contributed by atoms with Gasteiger partial charge >= 0.3 is 6.09 Å². The minimum atomic E-state index is -0.489. The second-order valence-corrected chi connectivity index (χ2v) is 7.65. The number of rotatable bonds is 3. The smallest absolute Gasteiger partial charge is 0.414 e. The Morgan fingerprint density at radius 3 is 2.55 bits per heavy atom. The van der Waals surface area contributed by atoms with Crippen LogP contribution in [0.2, 0.25) is 0 Å². The Hall–Kier alpha value is -3.48. The third kappa shape index (κ3) is 3.95. The second kappa shape index (κ2) is 8.34. The molecular weight excluding hydrogens is 398 g/mol. The highest BCUT2D eigenvalue weighted by atomic mass is 16.6. The quantitative estimate of drug-likeness (QED) is 0.615. The van der Waals surface area contributed by atoms with E-state index in [9.17, 15) is 9.59 Å². The van der Waals surface area contributed by atoms with E-state index in [0.717, 1.165) is 12.0 Å². The normalized spacial score (nSPS) is 13.0. The van der Waals surface area contributed by atoms with E-state index in [2.05, 4.69) is 0 Å². The van der Waals surface area contributed by atoms with Gasteiger partial charge in [0.2, 0.25) is 5.43 Å². The highest BCUT2D eigenvalue weighted by Gasteiger charge is 2.20. The van der Waals surface area contributed by atoms with Gasteiger partial charge in [0.05, 0.1) is 24.2 Å². The first kappa shape index (κ1) is 20.8. The topological polar surface area (TPSA) is 78.2 Å². The van der Waals surface area contributed by atoms with E-state index in [1.165, 1.54) is 4.90 Å². The van der Waals surface area contributed by atoms with Crippen LogP contribution < -0.4 is 19.6 Å². The summed E-state index contributed by atoms with van der Waals surface area (Å²) in [6.07, 6.45) is 0.914. The van der Waals surface area contributed by atoms with Crippen molar-refractivity contribution in [3.05, 3.63) is 51.9 Å². The molecule has 2 heterocycles. The van der Waals surface area contributed by atoms with Crippen LogP contribution in [0.1, 0.15) is 24.7 Å². The molecule has 0 saturated heterocycles. The van der Waals surface area contributed by atoms with Crippen LogP contribution in [0.15, 0.2) is 39.5 Å². The average Bonchev–Trinajstić information content (AvgIpc) is 2.98. The lowest BCUT2D eigenvalue weighted by molar-refractivity contribution is 0.171. The van der Waals surface area contributed by atoms with Gasteiger partial charge in [0.1, 0.15) is 17.1 Å². The van der Waals surface area contributed by atoms with Crippen LogP contribution in [-0.4, -0.2) is 38.3 Å². The van der Waals surface area contributed by atoms with E-state index in [1.807, 2.05) is 25.1 Å². The summed E-state index contributed by atoms with van der Waals surface area (Å²) in [6, 6.07) is 8.83. The molecule has 4 rings (SSSR count). The fourth-order valence-electron chi connectivity index (χ4n) is 3.59. The van der Waals surface area contributed by atoms with Crippen LogP contribution in [0.5, 0.6) is 17.2 Å². The highest BCUT2D eigenvalue weighted by molar-refractivity contribution is 5.86. The van der Waals surface area contributed by atoms with Crippen LogP contribution in [0, 0.1) is 6.92 Å². The van der Waals surface area contributed by atoms with Gasteiger partial charge in [0.25, 0.3) is 0 Å². The van der Waals surface area contributed by atoms with Gasteiger partial charge in [0.15, 0.2) is 11.5 Å². The summed E-state index contributed by atoms with van der Waals surface area (Å²) < 4.78 is 22.9. The predicted octanol–water partition coefficient (Wildman–Crippen LogP) is 4.55. The van der Waals surface area contributed by atoms with E-state index < -0.39 is 6.09 Å². The van der Waals surface area contributed by atoms with Crippen molar-refractivity contribution < 1.29 is 23.4 Å². The molecule has 162 valence electrons. The van der Waals surface area contributed by atoms with Gasteiger partial charge in [-0.2, -0.15) is 0 Å². The minimum Gasteiger partial charge on any atom is -0.490 e. The van der Waals surface area contributed by atoms with Crippen molar-refractivity contribution >= 4 is 17.1 Å². The third-order valence-electron chi connectivity index (χ3n) is 5.23. The van der Waals surface area contributed by atoms with Crippen LogP contribution in [0.4, 0.5) is 4.79 Å². The highest BCUT2D eigenvalue weighted by Crippen LogP contribution is 2.35. The van der Waals surface area contributed by atoms with Crippen molar-refractivity contribution in [3.8, 4) is 28.4 Å². The lowest BCUT2D eigenvalue weighted by Crippen LogP contribution is -2.25. The number of benzene rings is 2. The number of nitrogens with zero attached hydrogens (tertiary/aromatic N) is 1. The Morgan fingerprint density at radius 1 is 1.10 bits per heavy atom.